The summed E-state index contributed by atoms with van der Waals surface area (Å²) in [5, 5.41) is 15.4. The van der Waals surface area contributed by atoms with Gasteiger partial charge >= 0.3 is 0 Å². The summed E-state index contributed by atoms with van der Waals surface area (Å²) in [5.74, 6) is 0.418. The average molecular weight is 228 g/mol. The fourth-order valence-corrected chi connectivity index (χ4v) is 2.07. The van der Waals surface area contributed by atoms with Gasteiger partial charge in [0.15, 0.2) is 0 Å². The second-order valence-electron chi connectivity index (χ2n) is 3.98. The lowest BCUT2D eigenvalue weighted by Gasteiger charge is -2.12. The van der Waals surface area contributed by atoms with E-state index in [0.717, 1.165) is 24.4 Å². The lowest BCUT2D eigenvalue weighted by molar-refractivity contribution is 0.227. The predicted octanol–water partition coefficient (Wildman–Crippen LogP) is 2.20. The minimum absolute atomic E-state index is 0.294. The smallest absolute Gasteiger partial charge is 0.109 e. The van der Waals surface area contributed by atoms with Gasteiger partial charge in [-0.1, -0.05) is 6.92 Å². The van der Waals surface area contributed by atoms with Gasteiger partial charge in [0, 0.05) is 18.2 Å². The summed E-state index contributed by atoms with van der Waals surface area (Å²) in [4.78, 5) is 4.26. The number of aliphatic hydroxyl groups excluding tert-OH is 1. The van der Waals surface area contributed by atoms with Gasteiger partial charge in [-0.2, -0.15) is 0 Å². The Hall–Kier alpha value is -0.450. The first-order valence-electron chi connectivity index (χ1n) is 5.47. The molecule has 2 unspecified atom stereocenters. The van der Waals surface area contributed by atoms with Gasteiger partial charge in [0.25, 0.3) is 0 Å². The topological polar surface area (TPSA) is 45.1 Å². The van der Waals surface area contributed by atoms with Crippen molar-refractivity contribution in [3.63, 3.8) is 0 Å². The van der Waals surface area contributed by atoms with E-state index < -0.39 is 0 Å². The van der Waals surface area contributed by atoms with Crippen LogP contribution in [0, 0.1) is 5.92 Å². The van der Waals surface area contributed by atoms with E-state index in [1.165, 1.54) is 0 Å². The van der Waals surface area contributed by atoms with Gasteiger partial charge in [0.1, 0.15) is 5.01 Å². The zero-order chi connectivity index (χ0) is 11.1. The molecule has 0 saturated heterocycles. The Morgan fingerprint density at radius 1 is 1.53 bits per heavy atom. The summed E-state index contributed by atoms with van der Waals surface area (Å²) in [7, 11) is 0. The van der Waals surface area contributed by atoms with Crippen LogP contribution in [0.25, 0.3) is 0 Å². The van der Waals surface area contributed by atoms with Crippen LogP contribution < -0.4 is 5.32 Å². The Bertz CT molecular complexity index is 251. The fourth-order valence-electron chi connectivity index (χ4n) is 1.40. The molecule has 1 rings (SSSR count). The van der Waals surface area contributed by atoms with Crippen LogP contribution in [-0.4, -0.2) is 23.2 Å². The van der Waals surface area contributed by atoms with E-state index in [2.05, 4.69) is 24.1 Å². The van der Waals surface area contributed by atoms with E-state index in [-0.39, 0.29) is 0 Å². The Labute approximate surface area is 95.6 Å². The summed E-state index contributed by atoms with van der Waals surface area (Å²) in [6.07, 6.45) is 4.03. The van der Waals surface area contributed by atoms with Gasteiger partial charge < -0.3 is 10.4 Å². The minimum atomic E-state index is 0.294. The molecule has 0 aromatic carbocycles. The van der Waals surface area contributed by atoms with Crippen LogP contribution in [0.4, 0.5) is 0 Å². The number of hydrogen-bond acceptors (Lipinski definition) is 4. The van der Waals surface area contributed by atoms with Crippen molar-refractivity contribution in [1.82, 2.24) is 10.3 Å². The van der Waals surface area contributed by atoms with E-state index in [1.807, 2.05) is 11.6 Å². The first-order valence-corrected chi connectivity index (χ1v) is 6.35. The third-order valence-corrected chi connectivity index (χ3v) is 3.42. The van der Waals surface area contributed by atoms with Crippen LogP contribution in [0.1, 0.15) is 37.7 Å². The van der Waals surface area contributed by atoms with Gasteiger partial charge in [-0.3, -0.25) is 0 Å². The molecule has 0 saturated carbocycles. The van der Waals surface area contributed by atoms with E-state index >= 15 is 0 Å². The molecule has 4 heteroatoms. The number of thiazole rings is 1. The third kappa shape index (κ3) is 4.73. The molecule has 0 aliphatic carbocycles. The Morgan fingerprint density at radius 2 is 2.33 bits per heavy atom. The maximum Gasteiger partial charge on any atom is 0.109 e. The van der Waals surface area contributed by atoms with Crippen molar-refractivity contribution in [2.24, 2.45) is 5.92 Å². The molecule has 0 aliphatic heterocycles. The summed E-state index contributed by atoms with van der Waals surface area (Å²) in [5.41, 5.74) is 0. The summed E-state index contributed by atoms with van der Waals surface area (Å²) < 4.78 is 0. The van der Waals surface area contributed by atoms with Crippen LogP contribution >= 0.6 is 11.3 Å². The molecule has 0 bridgehead atoms. The molecular weight excluding hydrogens is 208 g/mol. The normalized spacial score (nSPS) is 15.1. The van der Waals surface area contributed by atoms with Crippen molar-refractivity contribution in [1.29, 1.82) is 0 Å². The van der Waals surface area contributed by atoms with E-state index in [9.17, 15) is 0 Å². The minimum Gasteiger partial charge on any atom is -0.396 e. The number of aliphatic hydroxyl groups is 1. The van der Waals surface area contributed by atoms with Crippen LogP contribution in [0.3, 0.4) is 0 Å². The van der Waals surface area contributed by atoms with E-state index in [1.54, 1.807) is 11.3 Å². The lowest BCUT2D eigenvalue weighted by Crippen LogP contribution is -2.20. The molecule has 3 nitrogen and oxygen atoms in total. The lowest BCUT2D eigenvalue weighted by atomic mass is 10.1. The Kier molecular flexibility index (Phi) is 5.83. The van der Waals surface area contributed by atoms with Crippen molar-refractivity contribution in [3.8, 4) is 0 Å². The second-order valence-corrected chi connectivity index (χ2v) is 4.90. The predicted molar refractivity (Wildman–Crippen MR) is 64.0 cm³/mol. The summed E-state index contributed by atoms with van der Waals surface area (Å²) in [6, 6.07) is 0.342. The molecule has 0 spiro atoms. The average Bonchev–Trinajstić information content (AvgIpc) is 2.77. The Morgan fingerprint density at radius 3 is 2.93 bits per heavy atom. The molecule has 2 N–H and O–H groups in total. The third-order valence-electron chi connectivity index (χ3n) is 2.46. The number of rotatable bonds is 7. The molecule has 0 aliphatic rings. The molecule has 1 aromatic heterocycles. The quantitative estimate of drug-likeness (QED) is 0.703. The van der Waals surface area contributed by atoms with Crippen molar-refractivity contribution in [2.75, 3.05) is 13.2 Å². The maximum absolute atomic E-state index is 8.86. The SMILES string of the molecule is CC(CO)CCCNC(C)c1nccs1. The fraction of sp³-hybridized carbons (Fsp3) is 0.727. The maximum atomic E-state index is 8.86. The molecule has 0 fully saturated rings. The number of nitrogens with one attached hydrogen (secondary N) is 1. The standard InChI is InChI=1S/C11H20N2OS/c1-9(8-14)4-3-5-12-10(2)11-13-6-7-15-11/h6-7,9-10,12,14H,3-5,8H2,1-2H3. The first kappa shape index (κ1) is 12.6. The Balaban J connectivity index is 2.10. The van der Waals surface area contributed by atoms with Crippen molar-refractivity contribution in [3.05, 3.63) is 16.6 Å². The number of hydrogen-bond donors (Lipinski definition) is 2. The summed E-state index contributed by atoms with van der Waals surface area (Å²) >= 11 is 1.69. The van der Waals surface area contributed by atoms with E-state index in [0.29, 0.717) is 18.6 Å². The van der Waals surface area contributed by atoms with Gasteiger partial charge in [-0.05, 0) is 32.2 Å². The number of nitrogens with zero attached hydrogens (tertiary/aromatic N) is 1. The molecule has 86 valence electrons. The molecule has 2 atom stereocenters. The summed E-state index contributed by atoms with van der Waals surface area (Å²) in [6.45, 7) is 5.49. The van der Waals surface area contributed by atoms with Gasteiger partial charge in [-0.25, -0.2) is 4.98 Å². The van der Waals surface area contributed by atoms with E-state index in [4.69, 9.17) is 5.11 Å². The van der Waals surface area contributed by atoms with Crippen LogP contribution in [-0.2, 0) is 0 Å². The molecule has 1 aromatic rings. The zero-order valence-electron chi connectivity index (χ0n) is 9.44. The van der Waals surface area contributed by atoms with Crippen LogP contribution in [0.2, 0.25) is 0 Å². The highest BCUT2D eigenvalue weighted by Crippen LogP contribution is 2.14. The molecule has 0 amide bonds. The highest BCUT2D eigenvalue weighted by molar-refractivity contribution is 7.09. The van der Waals surface area contributed by atoms with Crippen molar-refractivity contribution < 1.29 is 5.11 Å². The van der Waals surface area contributed by atoms with Crippen LogP contribution in [0.5, 0.6) is 0 Å². The molecular formula is C11H20N2OS. The van der Waals surface area contributed by atoms with Crippen LogP contribution in [0.15, 0.2) is 11.6 Å². The molecule has 1 heterocycles. The molecule has 15 heavy (non-hydrogen) atoms. The highest BCUT2D eigenvalue weighted by Gasteiger charge is 2.06. The van der Waals surface area contributed by atoms with Gasteiger partial charge in [0.2, 0.25) is 0 Å². The van der Waals surface area contributed by atoms with Crippen molar-refractivity contribution in [2.45, 2.75) is 32.7 Å². The zero-order valence-corrected chi connectivity index (χ0v) is 10.3. The largest absolute Gasteiger partial charge is 0.396 e. The number of aromatic nitrogens is 1. The van der Waals surface area contributed by atoms with Gasteiger partial charge in [-0.15, -0.1) is 11.3 Å². The van der Waals surface area contributed by atoms with Gasteiger partial charge in [0.05, 0.1) is 6.04 Å². The monoisotopic (exact) mass is 228 g/mol. The molecule has 0 radical (unpaired) electrons. The second kappa shape index (κ2) is 6.93. The van der Waals surface area contributed by atoms with Crippen molar-refractivity contribution >= 4 is 11.3 Å². The first-order chi connectivity index (χ1) is 7.24. The highest BCUT2D eigenvalue weighted by atomic mass is 32.1.